The highest BCUT2D eigenvalue weighted by Crippen LogP contribution is 2.27. The normalized spacial score (nSPS) is 9.90. The minimum atomic E-state index is -0.0780. The van der Waals surface area contributed by atoms with Crippen LogP contribution < -0.4 is 5.56 Å². The predicted molar refractivity (Wildman–Crippen MR) is 219 cm³/mol. The molecule has 1 aromatic carbocycles. The van der Waals surface area contributed by atoms with Crippen molar-refractivity contribution in [3.8, 4) is 11.3 Å². The van der Waals surface area contributed by atoms with E-state index in [4.69, 9.17) is 23.2 Å². The maximum absolute atomic E-state index is 12.4. The summed E-state index contributed by atoms with van der Waals surface area (Å²) in [7, 11) is 0. The number of allylic oxidation sites excluding steroid dienone is 1. The third-order valence-electron chi connectivity index (χ3n) is 6.81. The number of para-hydroxylation sites is 1. The fourth-order valence-electron chi connectivity index (χ4n) is 4.82. The van der Waals surface area contributed by atoms with Crippen LogP contribution in [-0.2, 0) is 6.42 Å². The summed E-state index contributed by atoms with van der Waals surface area (Å²) in [6, 6.07) is 17.8. The Kier molecular flexibility index (Phi) is 21.9. The summed E-state index contributed by atoms with van der Waals surface area (Å²) in [5.41, 5.74) is 7.97. The van der Waals surface area contributed by atoms with Gasteiger partial charge in [-0.3, -0.25) is 19.7 Å². The quantitative estimate of drug-likeness (QED) is 0.147. The lowest BCUT2D eigenvalue weighted by molar-refractivity contribution is 1.21. The van der Waals surface area contributed by atoms with Crippen molar-refractivity contribution in [2.24, 2.45) is 0 Å². The van der Waals surface area contributed by atoms with Gasteiger partial charge in [-0.05, 0) is 66.4 Å². The Balaban J connectivity index is 0.000000360. The number of rotatable bonds is 1. The van der Waals surface area contributed by atoms with Gasteiger partial charge in [-0.25, -0.2) is 0 Å². The Morgan fingerprint density at radius 1 is 0.700 bits per heavy atom. The van der Waals surface area contributed by atoms with Gasteiger partial charge in [-0.15, -0.1) is 23.2 Å². The smallest absolute Gasteiger partial charge is 0.258 e. The first kappa shape index (κ1) is 43.3. The minimum absolute atomic E-state index is 0.0780. The molecule has 0 amide bonds. The zero-order valence-corrected chi connectivity index (χ0v) is 32.3. The van der Waals surface area contributed by atoms with Crippen molar-refractivity contribution in [3.63, 3.8) is 0 Å². The second-order valence-electron chi connectivity index (χ2n) is 9.37. The molecule has 3 N–H and O–H groups in total. The van der Waals surface area contributed by atoms with Gasteiger partial charge in [0.15, 0.2) is 0 Å². The molecule has 0 saturated heterocycles. The van der Waals surface area contributed by atoms with Crippen LogP contribution in [0.1, 0.15) is 72.1 Å². The number of aryl methyl sites for hydroxylation is 1. The number of pyridine rings is 4. The summed E-state index contributed by atoms with van der Waals surface area (Å²) in [5, 5.41) is 3.51. The Morgan fingerprint density at radius 2 is 1.30 bits per heavy atom. The average molecular weight is 716 g/mol. The molecule has 1 aliphatic carbocycles. The maximum atomic E-state index is 12.4. The number of alkyl halides is 2. The largest absolute Gasteiger partial charge is 0.360 e. The zero-order chi connectivity index (χ0) is 37.3. The molecule has 7 nitrogen and oxygen atoms in total. The van der Waals surface area contributed by atoms with E-state index in [0.29, 0.717) is 5.56 Å². The van der Waals surface area contributed by atoms with Gasteiger partial charge in [0.2, 0.25) is 0 Å². The molecule has 266 valence electrons. The van der Waals surface area contributed by atoms with Crippen molar-refractivity contribution >= 4 is 62.0 Å². The van der Waals surface area contributed by atoms with Gasteiger partial charge in [0.05, 0.1) is 40.0 Å². The molecule has 0 fully saturated rings. The van der Waals surface area contributed by atoms with Gasteiger partial charge in [-0.2, -0.15) is 0 Å². The summed E-state index contributed by atoms with van der Waals surface area (Å²) in [6.45, 7) is 18.0. The molecular formula is C41H52Cl2N6O. The van der Waals surface area contributed by atoms with E-state index in [9.17, 15) is 4.79 Å². The molecule has 1 aliphatic rings. The van der Waals surface area contributed by atoms with Gasteiger partial charge in [-0.1, -0.05) is 85.7 Å². The summed E-state index contributed by atoms with van der Waals surface area (Å²) in [6.07, 6.45) is 18.1. The second-order valence-corrected chi connectivity index (χ2v) is 10.2. The third kappa shape index (κ3) is 12.3. The first-order valence-corrected chi connectivity index (χ1v) is 18.3. The van der Waals surface area contributed by atoms with Crippen LogP contribution >= 0.6 is 23.2 Å². The van der Waals surface area contributed by atoms with E-state index in [0.717, 1.165) is 45.0 Å². The number of aromatic amines is 3. The van der Waals surface area contributed by atoms with Crippen molar-refractivity contribution in [2.75, 3.05) is 5.34 Å². The summed E-state index contributed by atoms with van der Waals surface area (Å²) < 4.78 is 0. The third-order valence-corrected chi connectivity index (χ3v) is 6.81. The molecule has 50 heavy (non-hydrogen) atoms. The van der Waals surface area contributed by atoms with E-state index in [2.05, 4.69) is 42.1 Å². The monoisotopic (exact) mass is 714 g/mol. The van der Waals surface area contributed by atoms with Crippen LogP contribution in [0.5, 0.6) is 0 Å². The van der Waals surface area contributed by atoms with E-state index in [-0.39, 0.29) is 10.9 Å². The topological polar surface area (TPSA) is 103 Å². The number of halogens is 2. The fourth-order valence-corrected chi connectivity index (χ4v) is 4.82. The van der Waals surface area contributed by atoms with Crippen molar-refractivity contribution < 1.29 is 0 Å². The molecule has 0 bridgehead atoms. The number of hydrogen-bond acceptors (Lipinski definition) is 4. The molecule has 0 unspecified atom stereocenters. The van der Waals surface area contributed by atoms with Crippen LogP contribution in [0.3, 0.4) is 0 Å². The molecule has 0 aliphatic heterocycles. The Morgan fingerprint density at radius 3 is 1.94 bits per heavy atom. The number of aromatic nitrogens is 6. The van der Waals surface area contributed by atoms with E-state index in [1.807, 2.05) is 142 Å². The van der Waals surface area contributed by atoms with Gasteiger partial charge < -0.3 is 15.0 Å². The molecule has 9 heteroatoms. The lowest BCUT2D eigenvalue weighted by atomic mass is 10.0. The zero-order valence-electron chi connectivity index (χ0n) is 30.8. The van der Waals surface area contributed by atoms with Crippen molar-refractivity contribution in [1.82, 2.24) is 29.9 Å². The molecule has 0 saturated carbocycles. The Bertz CT molecular complexity index is 1960. The lowest BCUT2D eigenvalue weighted by Gasteiger charge is -2.07. The van der Waals surface area contributed by atoms with E-state index < -0.39 is 0 Å². The second kappa shape index (κ2) is 25.3. The van der Waals surface area contributed by atoms with Crippen molar-refractivity contribution in [3.05, 3.63) is 131 Å². The maximum Gasteiger partial charge on any atom is 0.258 e. The molecule has 8 rings (SSSR count). The molecule has 7 aromatic rings. The highest BCUT2D eigenvalue weighted by atomic mass is 35.5. The summed E-state index contributed by atoms with van der Waals surface area (Å²) in [5.74, 6) is 0. The van der Waals surface area contributed by atoms with Crippen LogP contribution in [0.25, 0.3) is 50.0 Å². The summed E-state index contributed by atoms with van der Waals surface area (Å²) >= 11 is 9.53. The molecule has 0 atom stereocenters. The highest BCUT2D eigenvalue weighted by Gasteiger charge is 2.13. The number of fused-ring (bicyclic) bond motifs is 4. The SMILES string of the molecule is C1=Cc2ccncc2C1.CC.CC.CC.CC.Cc1c(-c2cc3ccncc3[nH]2)c(=O)[nH]c2ccccc12.ClCCl.c1cc2cc[nH]c2cn1. The van der Waals surface area contributed by atoms with Crippen LogP contribution in [0.2, 0.25) is 0 Å². The molecule has 6 heterocycles. The number of nitrogens with one attached hydrogen (secondary N) is 3. The van der Waals surface area contributed by atoms with Crippen molar-refractivity contribution in [2.45, 2.75) is 68.7 Å². The minimum Gasteiger partial charge on any atom is -0.360 e. The molecule has 0 spiro atoms. The van der Waals surface area contributed by atoms with Gasteiger partial charge in [0.25, 0.3) is 5.56 Å². The predicted octanol–water partition coefficient (Wildman–Crippen LogP) is 12.1. The van der Waals surface area contributed by atoms with Crippen LogP contribution in [-0.4, -0.2) is 35.2 Å². The van der Waals surface area contributed by atoms with Gasteiger partial charge in [0.1, 0.15) is 0 Å². The number of hydrogen-bond donors (Lipinski definition) is 3. The first-order valence-electron chi connectivity index (χ1n) is 17.2. The van der Waals surface area contributed by atoms with Gasteiger partial charge >= 0.3 is 0 Å². The van der Waals surface area contributed by atoms with Crippen LogP contribution in [0.4, 0.5) is 0 Å². The van der Waals surface area contributed by atoms with Crippen LogP contribution in [0, 0.1) is 6.92 Å². The molecular weight excluding hydrogens is 663 g/mol. The fraction of sp³-hybridized carbons (Fsp3) is 0.268. The van der Waals surface area contributed by atoms with E-state index in [1.165, 1.54) is 16.5 Å². The Labute approximate surface area is 307 Å². The number of benzene rings is 1. The number of H-pyrrole nitrogens is 3. The highest BCUT2D eigenvalue weighted by molar-refractivity contribution is 6.40. The van der Waals surface area contributed by atoms with Gasteiger partial charge in [0, 0.05) is 52.7 Å². The van der Waals surface area contributed by atoms with E-state index in [1.54, 1.807) is 18.6 Å². The molecule has 0 radical (unpaired) electrons. The van der Waals surface area contributed by atoms with Crippen molar-refractivity contribution in [1.29, 1.82) is 0 Å². The molecule has 6 aromatic heterocycles. The van der Waals surface area contributed by atoms with Crippen LogP contribution in [0.15, 0.2) is 109 Å². The lowest BCUT2D eigenvalue weighted by Crippen LogP contribution is -2.11. The number of nitrogens with zero attached hydrogens (tertiary/aromatic N) is 3. The first-order chi connectivity index (χ1) is 24.6. The summed E-state index contributed by atoms with van der Waals surface area (Å²) in [4.78, 5) is 33.8. The Hall–Kier alpha value is -4.72. The average Bonchev–Trinajstić information content (AvgIpc) is 3.96. The standard InChI is InChI=1S/C17H13N3O.C8H7N.C7H6N2.4C2H6.CH2Cl2/c1-10-12-4-2-3-5-13(12)20-17(21)16(10)14-8-11-6-7-18-9-15(11)19-14;1-2-7-4-5-9-6-8(7)3-1;1-3-8-5-7-6(1)2-4-9-7;4*1-2;2-1-3/h2-9,19H,1H3,(H,20,21);1-2,4-6H,3H2;1-5,9H;4*1-2H3;1H2. The van der Waals surface area contributed by atoms with E-state index >= 15 is 0 Å².